The summed E-state index contributed by atoms with van der Waals surface area (Å²) in [4.78, 5) is 24.0. The van der Waals surface area contributed by atoms with E-state index in [0.717, 1.165) is 59.3 Å². The largest absolute Gasteiger partial charge is 0.435 e. The first-order valence-electron chi connectivity index (χ1n) is 12.5. The Balaban J connectivity index is 1.49. The normalized spacial score (nSPS) is 14.2. The van der Waals surface area contributed by atoms with E-state index < -0.39 is 11.9 Å². The molecule has 0 spiro atoms. The molecule has 1 saturated heterocycles. The van der Waals surface area contributed by atoms with E-state index >= 15 is 0 Å². The lowest BCUT2D eigenvalue weighted by Gasteiger charge is -2.28. The monoisotopic (exact) mass is 520 g/mol. The zero-order chi connectivity index (χ0) is 27.0. The zero-order valence-electron chi connectivity index (χ0n) is 21.2. The van der Waals surface area contributed by atoms with Gasteiger partial charge in [0.15, 0.2) is 11.3 Å². The summed E-state index contributed by atoms with van der Waals surface area (Å²) in [5.74, 6) is 2.38. The molecular formula is C28H27F3N6O. The van der Waals surface area contributed by atoms with Crippen molar-refractivity contribution in [3.8, 4) is 23.6 Å². The number of aromatic nitrogens is 5. The van der Waals surface area contributed by atoms with Gasteiger partial charge in [0.05, 0.1) is 23.1 Å². The van der Waals surface area contributed by atoms with E-state index in [1.54, 1.807) is 16.8 Å². The summed E-state index contributed by atoms with van der Waals surface area (Å²) in [7, 11) is 0. The van der Waals surface area contributed by atoms with Gasteiger partial charge in [-0.1, -0.05) is 18.1 Å². The molecule has 196 valence electrons. The summed E-state index contributed by atoms with van der Waals surface area (Å²) in [6.07, 6.45) is 10.0. The van der Waals surface area contributed by atoms with Gasteiger partial charge < -0.3 is 4.90 Å². The molecule has 1 aromatic carbocycles. The number of likely N-dealkylation sites (tertiary alicyclic amines) is 1. The van der Waals surface area contributed by atoms with Crippen LogP contribution in [0.2, 0.25) is 0 Å². The van der Waals surface area contributed by atoms with Crippen LogP contribution in [-0.2, 0) is 19.1 Å². The molecule has 0 unspecified atom stereocenters. The number of benzene rings is 1. The van der Waals surface area contributed by atoms with Crippen molar-refractivity contribution in [1.29, 1.82) is 0 Å². The number of imidazole rings is 1. The topological polar surface area (TPSA) is 68.3 Å². The Morgan fingerprint density at radius 1 is 1.11 bits per heavy atom. The van der Waals surface area contributed by atoms with Crippen molar-refractivity contribution in [1.82, 2.24) is 29.0 Å². The third kappa shape index (κ3) is 4.76. The van der Waals surface area contributed by atoms with E-state index in [2.05, 4.69) is 21.0 Å². The van der Waals surface area contributed by atoms with Crippen LogP contribution in [0.4, 0.5) is 13.2 Å². The first-order valence-corrected chi connectivity index (χ1v) is 12.5. The molecule has 38 heavy (non-hydrogen) atoms. The molecule has 5 rings (SSSR count). The molecule has 1 aliphatic rings. The number of nitrogens with zero attached hydrogens (tertiary/aromatic N) is 6. The van der Waals surface area contributed by atoms with E-state index in [1.165, 1.54) is 12.4 Å². The number of amides is 1. The maximum Gasteiger partial charge on any atom is 0.435 e. The van der Waals surface area contributed by atoms with Gasteiger partial charge >= 0.3 is 6.18 Å². The molecule has 1 aliphatic heterocycles. The van der Waals surface area contributed by atoms with E-state index in [-0.39, 0.29) is 23.7 Å². The number of piperidine rings is 1. The number of hydrogen-bond donors (Lipinski definition) is 0. The Hall–Kier alpha value is -4.13. The Kier molecular flexibility index (Phi) is 6.69. The van der Waals surface area contributed by atoms with Gasteiger partial charge in [-0.05, 0) is 49.8 Å². The third-order valence-electron chi connectivity index (χ3n) is 6.88. The second-order valence-corrected chi connectivity index (χ2v) is 9.64. The van der Waals surface area contributed by atoms with Crippen LogP contribution in [0.15, 0.2) is 36.9 Å². The van der Waals surface area contributed by atoms with Crippen molar-refractivity contribution in [2.45, 2.75) is 52.3 Å². The minimum Gasteiger partial charge on any atom is -0.339 e. The second-order valence-electron chi connectivity index (χ2n) is 9.64. The van der Waals surface area contributed by atoms with Gasteiger partial charge in [-0.3, -0.25) is 18.9 Å². The highest BCUT2D eigenvalue weighted by Gasteiger charge is 2.38. The molecule has 0 aliphatic carbocycles. The number of aryl methyl sites for hydroxylation is 2. The number of rotatable bonds is 5. The molecule has 0 radical (unpaired) electrons. The summed E-state index contributed by atoms with van der Waals surface area (Å²) in [6, 6.07) is 3.95. The van der Waals surface area contributed by atoms with Crippen LogP contribution in [0.3, 0.4) is 0 Å². The molecule has 7 nitrogen and oxygen atoms in total. The minimum absolute atomic E-state index is 0.0650. The standard InChI is InChI=1S/C28H27F3N6O/c1-4-9-36-17-21(25(34-36)28(29,30)31)23-16-33-26-22(32-8-12-37(23)26)15-20-13-18(2)24(19(3)14-20)27(38)35-10-6-5-7-11-35/h1,8,12-14,16-17H,5-7,9-11,15H2,2-3H3. The molecule has 1 amide bonds. The van der Waals surface area contributed by atoms with Crippen LogP contribution < -0.4 is 0 Å². The Morgan fingerprint density at radius 3 is 2.47 bits per heavy atom. The predicted octanol–water partition coefficient (Wildman–Crippen LogP) is 5.08. The molecule has 1 fully saturated rings. The molecule has 3 aromatic heterocycles. The fourth-order valence-corrected chi connectivity index (χ4v) is 5.23. The summed E-state index contributed by atoms with van der Waals surface area (Å²) in [5, 5.41) is 3.66. The van der Waals surface area contributed by atoms with E-state index in [1.807, 2.05) is 30.9 Å². The SMILES string of the molecule is C#CCn1cc(-c2cnc3c(Cc4cc(C)c(C(=O)N5CCCCC5)c(C)c4)nccn23)c(C(F)(F)F)n1. The van der Waals surface area contributed by atoms with Gasteiger partial charge in [0.2, 0.25) is 0 Å². The van der Waals surface area contributed by atoms with Crippen LogP contribution in [0, 0.1) is 26.2 Å². The second kappa shape index (κ2) is 9.97. The molecule has 0 saturated carbocycles. The minimum atomic E-state index is -4.66. The van der Waals surface area contributed by atoms with Crippen molar-refractivity contribution in [2.24, 2.45) is 0 Å². The lowest BCUT2D eigenvalue weighted by Crippen LogP contribution is -2.36. The molecule has 0 N–H and O–H groups in total. The summed E-state index contributed by atoms with van der Waals surface area (Å²) < 4.78 is 43.9. The summed E-state index contributed by atoms with van der Waals surface area (Å²) in [6.45, 7) is 5.35. The van der Waals surface area contributed by atoms with E-state index in [4.69, 9.17) is 6.42 Å². The summed E-state index contributed by atoms with van der Waals surface area (Å²) in [5.41, 5.74) is 3.63. The van der Waals surface area contributed by atoms with E-state index in [0.29, 0.717) is 17.8 Å². The number of carbonyl (C=O) groups is 1. The number of terminal acetylenes is 1. The number of fused-ring (bicyclic) bond motifs is 1. The average Bonchev–Trinajstić information content (AvgIpc) is 3.49. The molecule has 0 bridgehead atoms. The van der Waals surface area contributed by atoms with Crippen molar-refractivity contribution < 1.29 is 18.0 Å². The molecule has 10 heteroatoms. The van der Waals surface area contributed by atoms with Crippen molar-refractivity contribution in [3.05, 3.63) is 70.6 Å². The van der Waals surface area contributed by atoms with Crippen molar-refractivity contribution in [3.63, 3.8) is 0 Å². The van der Waals surface area contributed by atoms with Gasteiger partial charge in [-0.15, -0.1) is 6.42 Å². The smallest absolute Gasteiger partial charge is 0.339 e. The van der Waals surface area contributed by atoms with Gasteiger partial charge in [-0.2, -0.15) is 18.3 Å². The molecule has 4 heterocycles. The maximum atomic E-state index is 13.7. The van der Waals surface area contributed by atoms with Crippen LogP contribution in [-0.4, -0.2) is 48.0 Å². The first-order chi connectivity index (χ1) is 18.2. The van der Waals surface area contributed by atoms with Gasteiger partial charge in [0, 0.05) is 43.7 Å². The quantitative estimate of drug-likeness (QED) is 0.344. The van der Waals surface area contributed by atoms with E-state index in [9.17, 15) is 18.0 Å². The highest BCUT2D eigenvalue weighted by molar-refractivity contribution is 5.97. The number of hydrogen-bond acceptors (Lipinski definition) is 4. The van der Waals surface area contributed by atoms with Gasteiger partial charge in [0.25, 0.3) is 5.91 Å². The maximum absolute atomic E-state index is 13.7. The van der Waals surface area contributed by atoms with Crippen molar-refractivity contribution >= 4 is 11.6 Å². The molecule has 0 atom stereocenters. The third-order valence-corrected chi connectivity index (χ3v) is 6.88. The van der Waals surface area contributed by atoms with Gasteiger partial charge in [0.1, 0.15) is 6.54 Å². The van der Waals surface area contributed by atoms with Crippen LogP contribution in [0.1, 0.15) is 57.7 Å². The number of alkyl halides is 3. The lowest BCUT2D eigenvalue weighted by atomic mass is 9.95. The Labute approximate surface area is 218 Å². The fraction of sp³-hybridized carbons (Fsp3) is 0.357. The molecular weight excluding hydrogens is 493 g/mol. The van der Waals surface area contributed by atoms with Gasteiger partial charge in [-0.25, -0.2) is 4.98 Å². The number of carbonyl (C=O) groups excluding carboxylic acids is 1. The Morgan fingerprint density at radius 2 is 1.82 bits per heavy atom. The average molecular weight is 521 g/mol. The van der Waals surface area contributed by atoms with Crippen LogP contribution in [0.5, 0.6) is 0 Å². The van der Waals surface area contributed by atoms with Crippen LogP contribution in [0.25, 0.3) is 16.9 Å². The Bertz CT molecular complexity index is 1530. The number of halogens is 3. The van der Waals surface area contributed by atoms with Crippen molar-refractivity contribution in [2.75, 3.05) is 13.1 Å². The fourth-order valence-electron chi connectivity index (χ4n) is 5.23. The lowest BCUT2D eigenvalue weighted by molar-refractivity contribution is -0.141. The predicted molar refractivity (Wildman–Crippen MR) is 137 cm³/mol. The summed E-state index contributed by atoms with van der Waals surface area (Å²) >= 11 is 0. The first kappa shape index (κ1) is 25.5. The molecule has 4 aromatic rings. The zero-order valence-corrected chi connectivity index (χ0v) is 21.2. The highest BCUT2D eigenvalue weighted by atomic mass is 19.4. The van der Waals surface area contributed by atoms with Crippen LogP contribution >= 0.6 is 0 Å². The highest BCUT2D eigenvalue weighted by Crippen LogP contribution is 2.36.